The molecule has 1 aromatic carbocycles. The van der Waals surface area contributed by atoms with Crippen molar-refractivity contribution < 1.29 is 4.79 Å². The van der Waals surface area contributed by atoms with E-state index in [1.807, 2.05) is 12.1 Å². The molecule has 0 N–H and O–H groups in total. The Kier molecular flexibility index (Phi) is 4.04. The molecule has 0 aromatic heterocycles. The van der Waals surface area contributed by atoms with Crippen LogP contribution in [0, 0.1) is 0 Å². The highest BCUT2D eigenvalue weighted by Gasteiger charge is 2.18. The molecule has 1 atom stereocenters. The third-order valence-corrected chi connectivity index (χ3v) is 4.12. The first-order chi connectivity index (χ1) is 7.72. The Morgan fingerprint density at radius 2 is 2.12 bits per heavy atom. The third-order valence-electron chi connectivity index (χ3n) is 3.03. The number of alkyl halides is 2. The molecule has 1 nitrogen and oxygen atoms in total. The molecule has 0 radical (unpaired) electrons. The second-order valence-electron chi connectivity index (χ2n) is 4.15. The summed E-state index contributed by atoms with van der Waals surface area (Å²) in [5.41, 5.74) is 3.56. The van der Waals surface area contributed by atoms with E-state index >= 15 is 0 Å². The Labute approximate surface area is 109 Å². The Morgan fingerprint density at radius 3 is 2.88 bits per heavy atom. The molecule has 16 heavy (non-hydrogen) atoms. The minimum Gasteiger partial charge on any atom is -0.293 e. The molecule has 1 aromatic rings. The summed E-state index contributed by atoms with van der Waals surface area (Å²) in [5, 5.41) is 0. The van der Waals surface area contributed by atoms with E-state index in [1.165, 1.54) is 17.5 Å². The van der Waals surface area contributed by atoms with Gasteiger partial charge >= 0.3 is 0 Å². The van der Waals surface area contributed by atoms with Gasteiger partial charge in [-0.2, -0.15) is 0 Å². The SMILES string of the molecule is O=C(c1ccc2c(c1)CCC2)C(Br)CCCl. The summed E-state index contributed by atoms with van der Waals surface area (Å²) in [5.74, 6) is 0.655. The minimum atomic E-state index is -0.149. The van der Waals surface area contributed by atoms with E-state index in [9.17, 15) is 4.79 Å². The van der Waals surface area contributed by atoms with Crippen LogP contribution in [0.2, 0.25) is 0 Å². The summed E-state index contributed by atoms with van der Waals surface area (Å²) in [6.45, 7) is 0. The van der Waals surface area contributed by atoms with Crippen LogP contribution in [0.25, 0.3) is 0 Å². The van der Waals surface area contributed by atoms with Crippen molar-refractivity contribution in [1.29, 1.82) is 0 Å². The second-order valence-corrected chi connectivity index (χ2v) is 5.63. The zero-order valence-corrected chi connectivity index (χ0v) is 11.4. The van der Waals surface area contributed by atoms with Gasteiger partial charge in [-0.05, 0) is 42.9 Å². The molecule has 1 aliphatic rings. The maximum Gasteiger partial charge on any atom is 0.176 e. The lowest BCUT2D eigenvalue weighted by molar-refractivity contribution is 0.0990. The number of aryl methyl sites for hydroxylation is 2. The maximum absolute atomic E-state index is 12.0. The first-order valence-electron chi connectivity index (χ1n) is 5.58. The molecule has 3 heteroatoms. The fraction of sp³-hybridized carbons (Fsp3) is 0.462. The molecule has 0 aliphatic heterocycles. The number of carbonyl (C=O) groups excluding carboxylic acids is 1. The van der Waals surface area contributed by atoms with E-state index < -0.39 is 0 Å². The zero-order chi connectivity index (χ0) is 11.5. The van der Waals surface area contributed by atoms with Gasteiger partial charge in [0.1, 0.15) is 0 Å². The number of benzene rings is 1. The number of ketones is 1. The number of fused-ring (bicyclic) bond motifs is 1. The van der Waals surface area contributed by atoms with Crippen LogP contribution in [0.4, 0.5) is 0 Å². The van der Waals surface area contributed by atoms with Crippen molar-refractivity contribution in [3.8, 4) is 0 Å². The predicted molar refractivity (Wildman–Crippen MR) is 70.8 cm³/mol. The van der Waals surface area contributed by atoms with Crippen LogP contribution >= 0.6 is 27.5 Å². The van der Waals surface area contributed by atoms with Gasteiger partial charge in [-0.15, -0.1) is 11.6 Å². The lowest BCUT2D eigenvalue weighted by Crippen LogP contribution is -2.15. The fourth-order valence-electron chi connectivity index (χ4n) is 2.13. The predicted octanol–water partition coefficient (Wildman–Crippen LogP) is 3.75. The van der Waals surface area contributed by atoms with Crippen molar-refractivity contribution in [2.45, 2.75) is 30.5 Å². The lowest BCUT2D eigenvalue weighted by Gasteiger charge is -2.08. The van der Waals surface area contributed by atoms with Crippen molar-refractivity contribution in [2.75, 3.05) is 5.88 Å². The first kappa shape index (κ1) is 12.1. The highest BCUT2D eigenvalue weighted by atomic mass is 79.9. The molecule has 1 unspecified atom stereocenters. The number of hydrogen-bond donors (Lipinski definition) is 0. The fourth-order valence-corrected chi connectivity index (χ4v) is 3.11. The molecule has 0 fully saturated rings. The van der Waals surface area contributed by atoms with Crippen LogP contribution in [0.15, 0.2) is 18.2 Å². The molecule has 1 aliphatic carbocycles. The lowest BCUT2D eigenvalue weighted by atomic mass is 10.0. The van der Waals surface area contributed by atoms with Crippen LogP contribution in [-0.2, 0) is 12.8 Å². The molecule has 0 spiro atoms. The average Bonchev–Trinajstić information content (AvgIpc) is 2.75. The normalized spacial score (nSPS) is 15.9. The van der Waals surface area contributed by atoms with E-state index in [1.54, 1.807) is 0 Å². The average molecular weight is 302 g/mol. The highest BCUT2D eigenvalue weighted by Crippen LogP contribution is 2.24. The van der Waals surface area contributed by atoms with E-state index in [0.717, 1.165) is 18.4 Å². The van der Waals surface area contributed by atoms with Crippen LogP contribution in [0.5, 0.6) is 0 Å². The molecule has 0 saturated carbocycles. The van der Waals surface area contributed by atoms with Gasteiger partial charge < -0.3 is 0 Å². The van der Waals surface area contributed by atoms with Crippen molar-refractivity contribution in [3.05, 3.63) is 34.9 Å². The summed E-state index contributed by atoms with van der Waals surface area (Å²) in [7, 11) is 0. The van der Waals surface area contributed by atoms with E-state index in [-0.39, 0.29) is 10.6 Å². The monoisotopic (exact) mass is 300 g/mol. The Morgan fingerprint density at radius 1 is 1.38 bits per heavy atom. The molecule has 0 amide bonds. The number of hydrogen-bond acceptors (Lipinski definition) is 1. The van der Waals surface area contributed by atoms with Crippen LogP contribution in [0.1, 0.15) is 34.3 Å². The van der Waals surface area contributed by atoms with Gasteiger partial charge in [0.05, 0.1) is 4.83 Å². The van der Waals surface area contributed by atoms with Crippen LogP contribution < -0.4 is 0 Å². The molecule has 0 saturated heterocycles. The molecule has 0 heterocycles. The summed E-state index contributed by atoms with van der Waals surface area (Å²) < 4.78 is 0. The van der Waals surface area contributed by atoms with Crippen LogP contribution in [-0.4, -0.2) is 16.5 Å². The molecular formula is C13H14BrClO. The topological polar surface area (TPSA) is 17.1 Å². The summed E-state index contributed by atoms with van der Waals surface area (Å²) in [6, 6.07) is 6.08. The van der Waals surface area contributed by atoms with E-state index in [4.69, 9.17) is 11.6 Å². The second kappa shape index (κ2) is 5.33. The van der Waals surface area contributed by atoms with Crippen molar-refractivity contribution in [1.82, 2.24) is 0 Å². The minimum absolute atomic E-state index is 0.148. The molecule has 2 rings (SSSR count). The van der Waals surface area contributed by atoms with Crippen molar-refractivity contribution >= 4 is 33.3 Å². The molecular weight excluding hydrogens is 287 g/mol. The highest BCUT2D eigenvalue weighted by molar-refractivity contribution is 9.10. The summed E-state index contributed by atoms with van der Waals surface area (Å²) in [4.78, 5) is 11.9. The zero-order valence-electron chi connectivity index (χ0n) is 9.01. The number of rotatable bonds is 4. The van der Waals surface area contributed by atoms with Gasteiger partial charge in [0.15, 0.2) is 5.78 Å². The molecule has 0 bridgehead atoms. The van der Waals surface area contributed by atoms with Gasteiger partial charge in [-0.25, -0.2) is 0 Å². The quantitative estimate of drug-likeness (QED) is 0.611. The van der Waals surface area contributed by atoms with Gasteiger partial charge in [-0.3, -0.25) is 4.79 Å². The Hall–Kier alpha value is -0.340. The van der Waals surface area contributed by atoms with E-state index in [0.29, 0.717) is 12.3 Å². The summed E-state index contributed by atoms with van der Waals surface area (Å²) >= 11 is 9.03. The van der Waals surface area contributed by atoms with Crippen molar-refractivity contribution in [3.63, 3.8) is 0 Å². The summed E-state index contributed by atoms with van der Waals surface area (Å²) in [6.07, 6.45) is 4.16. The number of carbonyl (C=O) groups is 1. The van der Waals surface area contributed by atoms with Crippen molar-refractivity contribution in [2.24, 2.45) is 0 Å². The van der Waals surface area contributed by atoms with Gasteiger partial charge in [-0.1, -0.05) is 28.1 Å². The molecule has 86 valence electrons. The number of Topliss-reactive ketones (excluding diaryl/α,β-unsaturated/α-hetero) is 1. The smallest absolute Gasteiger partial charge is 0.176 e. The van der Waals surface area contributed by atoms with Gasteiger partial charge in [0.2, 0.25) is 0 Å². The van der Waals surface area contributed by atoms with Gasteiger partial charge in [0.25, 0.3) is 0 Å². The standard InChI is InChI=1S/C13H14BrClO/c14-12(6-7-15)13(16)11-5-4-9-2-1-3-10(9)8-11/h4-5,8,12H,1-3,6-7H2. The Bertz CT molecular complexity index is 403. The largest absolute Gasteiger partial charge is 0.293 e. The van der Waals surface area contributed by atoms with E-state index in [2.05, 4.69) is 22.0 Å². The van der Waals surface area contributed by atoms with Gasteiger partial charge in [0, 0.05) is 11.4 Å². The Balaban J connectivity index is 2.18. The third kappa shape index (κ3) is 2.49. The maximum atomic E-state index is 12.0. The number of halogens is 2. The first-order valence-corrected chi connectivity index (χ1v) is 7.03. The van der Waals surface area contributed by atoms with Crippen LogP contribution in [0.3, 0.4) is 0 Å².